The summed E-state index contributed by atoms with van der Waals surface area (Å²) in [6.45, 7) is -3.37. The predicted molar refractivity (Wildman–Crippen MR) is 46.0 cm³/mol. The molecule has 0 aromatic heterocycles. The lowest BCUT2D eigenvalue weighted by Gasteiger charge is -2.11. The van der Waals surface area contributed by atoms with Crippen molar-refractivity contribution in [2.45, 2.75) is 13.0 Å². The van der Waals surface area contributed by atoms with Gasteiger partial charge in [0, 0.05) is 4.11 Å². The second-order valence-corrected chi connectivity index (χ2v) is 2.41. The molecule has 0 radical (unpaired) electrons. The van der Waals surface area contributed by atoms with E-state index in [1.807, 2.05) is 0 Å². The van der Waals surface area contributed by atoms with E-state index in [0.29, 0.717) is 0 Å². The van der Waals surface area contributed by atoms with Gasteiger partial charge in [-0.3, -0.25) is 0 Å². The quantitative estimate of drug-likeness (QED) is 0.669. The van der Waals surface area contributed by atoms with Gasteiger partial charge in [0.05, 0.1) is 9.68 Å². The number of hydrogen-bond donors (Lipinski definition) is 2. The van der Waals surface area contributed by atoms with Gasteiger partial charge in [-0.25, -0.2) is 0 Å². The number of alkyl halides is 3. The smallest absolute Gasteiger partial charge is 0.423 e. The van der Waals surface area contributed by atoms with Crippen LogP contribution in [0.5, 0.6) is 0 Å². The molecule has 2 N–H and O–H groups in total. The Bertz CT molecular complexity index is 543. The molecule has 0 fully saturated rings. The topological polar surface area (TPSA) is 40.5 Å². The van der Waals surface area contributed by atoms with Crippen LogP contribution in [0.2, 0.25) is 0 Å². The van der Waals surface area contributed by atoms with Crippen molar-refractivity contribution < 1.29 is 31.4 Å². The fourth-order valence-corrected chi connectivity index (χ4v) is 0.762. The summed E-state index contributed by atoms with van der Waals surface area (Å²) in [5.41, 5.74) is -4.61. The van der Waals surface area contributed by atoms with Crippen molar-refractivity contribution in [1.29, 1.82) is 0 Å². The van der Waals surface area contributed by atoms with Crippen molar-refractivity contribution in [1.82, 2.24) is 0 Å². The second-order valence-electron chi connectivity index (χ2n) is 2.41. The van der Waals surface area contributed by atoms with Crippen molar-refractivity contribution in [3.63, 3.8) is 0 Å². The van der Waals surface area contributed by atoms with E-state index in [2.05, 4.69) is 0 Å². The second kappa shape index (κ2) is 3.63. The summed E-state index contributed by atoms with van der Waals surface area (Å²) in [7, 11) is -2.59. The minimum absolute atomic E-state index is 1.14. The third kappa shape index (κ3) is 2.27. The van der Waals surface area contributed by atoms with Crippen molar-refractivity contribution >= 4 is 12.6 Å². The maximum absolute atomic E-state index is 12.9. The summed E-state index contributed by atoms with van der Waals surface area (Å²) >= 11 is 0. The lowest BCUT2D eigenvalue weighted by molar-refractivity contribution is -0.138. The maximum Gasteiger partial charge on any atom is 0.488 e. The van der Waals surface area contributed by atoms with E-state index < -0.39 is 54.9 Å². The Hall–Kier alpha value is -1.01. The van der Waals surface area contributed by atoms with Gasteiger partial charge in [-0.2, -0.15) is 13.2 Å². The highest BCUT2D eigenvalue weighted by Gasteiger charge is 2.33. The zero-order valence-electron chi connectivity index (χ0n) is 12.6. The molecular weight excluding hydrogens is 196 g/mol. The van der Waals surface area contributed by atoms with Crippen molar-refractivity contribution in [2.24, 2.45) is 0 Å². The molecule has 0 atom stereocenters. The van der Waals surface area contributed by atoms with Crippen LogP contribution >= 0.6 is 0 Å². The first-order chi connectivity index (χ1) is 8.80. The Morgan fingerprint density at radius 3 is 2.50 bits per heavy atom. The van der Waals surface area contributed by atoms with Crippen LogP contribution in [0.1, 0.15) is 19.4 Å². The SMILES string of the molecule is [2H]c1c([2H])c(C([2H])([2H])[2H])c(C(F)(F)F)c([2H])c1B(O)O. The molecule has 2 nitrogen and oxygen atoms in total. The minimum Gasteiger partial charge on any atom is -0.423 e. The molecule has 76 valence electrons. The minimum atomic E-state index is -5.28. The van der Waals surface area contributed by atoms with Gasteiger partial charge in [0.2, 0.25) is 0 Å². The van der Waals surface area contributed by atoms with Crippen LogP contribution in [0.25, 0.3) is 0 Å². The summed E-state index contributed by atoms with van der Waals surface area (Å²) in [5, 5.41) is 17.8. The Morgan fingerprint density at radius 1 is 1.43 bits per heavy atom. The van der Waals surface area contributed by atoms with E-state index in [1.165, 1.54) is 0 Å². The highest BCUT2D eigenvalue weighted by Crippen LogP contribution is 2.30. The molecule has 0 aliphatic heterocycles. The highest BCUT2D eigenvalue weighted by atomic mass is 19.4. The van der Waals surface area contributed by atoms with Crippen LogP contribution in [0.15, 0.2) is 18.1 Å². The standard InChI is InChI=1S/C8H8BF3O2/c1-5-2-3-6(9(13)14)4-7(5)8(10,11)12/h2-4,13-14H,1H3/i1D3,2D,3D,4D. The van der Waals surface area contributed by atoms with E-state index in [1.54, 1.807) is 0 Å². The molecule has 0 bridgehead atoms. The van der Waals surface area contributed by atoms with Gasteiger partial charge in [-0.15, -0.1) is 0 Å². The summed E-state index contributed by atoms with van der Waals surface area (Å²) in [4.78, 5) is 0. The average Bonchev–Trinajstić information content (AvgIpc) is 2.18. The van der Waals surface area contributed by atoms with E-state index in [9.17, 15) is 13.2 Å². The first kappa shape index (κ1) is 5.18. The molecule has 14 heavy (non-hydrogen) atoms. The van der Waals surface area contributed by atoms with Gasteiger partial charge >= 0.3 is 13.3 Å². The molecular formula is C8H8BF3O2. The van der Waals surface area contributed by atoms with E-state index >= 15 is 0 Å². The zero-order chi connectivity index (χ0) is 16.0. The molecule has 1 rings (SSSR count). The van der Waals surface area contributed by atoms with E-state index in [-0.39, 0.29) is 0 Å². The fourth-order valence-electron chi connectivity index (χ4n) is 0.762. The molecule has 1 aromatic carbocycles. The van der Waals surface area contributed by atoms with Crippen molar-refractivity contribution in [3.8, 4) is 0 Å². The van der Waals surface area contributed by atoms with Gasteiger partial charge in [-0.05, 0) is 23.9 Å². The molecule has 0 saturated carbocycles. The number of halogens is 3. The number of rotatable bonds is 1. The fraction of sp³-hybridized carbons (Fsp3) is 0.250. The Balaban J connectivity index is 3.97. The van der Waals surface area contributed by atoms with Crippen LogP contribution in [0, 0.1) is 6.85 Å². The molecule has 0 aliphatic carbocycles. The van der Waals surface area contributed by atoms with Crippen molar-refractivity contribution in [3.05, 3.63) is 29.3 Å². The molecule has 1 aromatic rings. The average molecular weight is 210 g/mol. The first-order valence-electron chi connectivity index (χ1n) is 6.37. The Morgan fingerprint density at radius 2 is 2.07 bits per heavy atom. The van der Waals surface area contributed by atoms with E-state index in [0.717, 1.165) is 0 Å². The van der Waals surface area contributed by atoms with Crippen LogP contribution in [-0.4, -0.2) is 17.2 Å². The Labute approximate surface area is 87.6 Å². The van der Waals surface area contributed by atoms with Gasteiger partial charge in [0.15, 0.2) is 0 Å². The third-order valence-corrected chi connectivity index (χ3v) is 1.37. The van der Waals surface area contributed by atoms with Crippen molar-refractivity contribution in [2.75, 3.05) is 0 Å². The highest BCUT2D eigenvalue weighted by molar-refractivity contribution is 6.58. The lowest BCUT2D eigenvalue weighted by atomic mass is 9.79. The normalized spacial score (nSPS) is 18.6. The van der Waals surface area contributed by atoms with Gasteiger partial charge in [0.1, 0.15) is 0 Å². The molecule has 0 aliphatic rings. The summed E-state index contributed by atoms with van der Waals surface area (Å²) in [5.74, 6) is 0. The Kier molecular flexibility index (Phi) is 1.34. The molecule has 0 heterocycles. The molecule has 0 spiro atoms. The van der Waals surface area contributed by atoms with Crippen LogP contribution in [0.3, 0.4) is 0 Å². The van der Waals surface area contributed by atoms with Gasteiger partial charge in [-0.1, -0.05) is 12.1 Å². The lowest BCUT2D eigenvalue weighted by Crippen LogP contribution is -2.31. The monoisotopic (exact) mass is 210 g/mol. The molecule has 0 unspecified atom stereocenters. The largest absolute Gasteiger partial charge is 0.488 e. The summed E-state index contributed by atoms with van der Waals surface area (Å²) in [6, 6.07) is -3.97. The van der Waals surface area contributed by atoms with E-state index in [4.69, 9.17) is 18.3 Å². The van der Waals surface area contributed by atoms with Gasteiger partial charge in [0.25, 0.3) is 0 Å². The molecule has 6 heteroatoms. The third-order valence-electron chi connectivity index (χ3n) is 1.37. The molecule has 0 amide bonds. The number of hydrogen-bond acceptors (Lipinski definition) is 2. The maximum atomic E-state index is 12.9. The summed E-state index contributed by atoms with van der Waals surface area (Å²) < 4.78 is 81.8. The zero-order valence-corrected chi connectivity index (χ0v) is 6.61. The van der Waals surface area contributed by atoms with Gasteiger partial charge < -0.3 is 10.0 Å². The van der Waals surface area contributed by atoms with Crippen LogP contribution in [-0.2, 0) is 6.18 Å². The van der Waals surface area contributed by atoms with Crippen LogP contribution < -0.4 is 5.46 Å². The van der Waals surface area contributed by atoms with Crippen LogP contribution in [0.4, 0.5) is 13.2 Å². The number of benzene rings is 1. The predicted octanol–water partition coefficient (Wildman–Crippen LogP) is 0.694. The first-order valence-corrected chi connectivity index (χ1v) is 3.37. The molecule has 0 saturated heterocycles. The summed E-state index contributed by atoms with van der Waals surface area (Å²) in [6.07, 6.45) is -5.28.